The average Bonchev–Trinajstić information content (AvgIpc) is 2.18. The number of hydrogen-bond acceptors (Lipinski definition) is 4. The highest BCUT2D eigenvalue weighted by Crippen LogP contribution is 2.19. The molecule has 0 fully saturated rings. The molecule has 0 aliphatic carbocycles. The molecule has 0 unspecified atom stereocenters. The van der Waals surface area contributed by atoms with Gasteiger partial charge in [0.25, 0.3) is 0 Å². The molecule has 0 bridgehead atoms. The van der Waals surface area contributed by atoms with Gasteiger partial charge in [-0.3, -0.25) is 4.79 Å². The van der Waals surface area contributed by atoms with Gasteiger partial charge in [0.15, 0.2) is 0 Å². The first-order valence-electron chi connectivity index (χ1n) is 4.91. The monoisotopic (exact) mass is 229 g/mol. The third kappa shape index (κ3) is 8.28. The second kappa shape index (κ2) is 7.55. The van der Waals surface area contributed by atoms with E-state index in [1.807, 2.05) is 6.07 Å². The van der Waals surface area contributed by atoms with Gasteiger partial charge in [-0.1, -0.05) is 0 Å². The number of nitrogens with one attached hydrogen (secondary N) is 2. The molecule has 0 saturated carbocycles. The molecule has 2 N–H and O–H groups in total. The minimum atomic E-state index is -0.0536. The molecular formula is C10H19N3OS. The molecule has 0 rings (SSSR count). The molecule has 1 amide bonds. The minimum Gasteiger partial charge on any atom is -0.354 e. The molecule has 5 heteroatoms. The summed E-state index contributed by atoms with van der Waals surface area (Å²) in [5.41, 5.74) is 0. The average molecular weight is 229 g/mol. The Kier molecular flexibility index (Phi) is 7.18. The maximum absolute atomic E-state index is 11.2. The van der Waals surface area contributed by atoms with Crippen molar-refractivity contribution < 1.29 is 4.79 Å². The number of carbonyl (C=O) groups excluding carboxylic acids is 1. The highest BCUT2D eigenvalue weighted by Gasteiger charge is 2.15. The lowest BCUT2D eigenvalue weighted by Crippen LogP contribution is -2.39. The fraction of sp³-hybridized carbons (Fsp3) is 0.800. The molecular weight excluding hydrogens is 210 g/mol. The molecule has 0 aliphatic heterocycles. The van der Waals surface area contributed by atoms with Crippen molar-refractivity contribution >= 4 is 17.7 Å². The van der Waals surface area contributed by atoms with Crippen LogP contribution in [0.15, 0.2) is 0 Å². The van der Waals surface area contributed by atoms with Crippen LogP contribution in [0, 0.1) is 11.3 Å². The number of nitriles is 1. The first-order valence-corrected chi connectivity index (χ1v) is 6.14. The molecule has 0 aromatic rings. The normalized spacial score (nSPS) is 10.8. The van der Waals surface area contributed by atoms with E-state index < -0.39 is 0 Å². The van der Waals surface area contributed by atoms with Crippen LogP contribution >= 0.6 is 11.8 Å². The molecule has 4 nitrogen and oxygen atoms in total. The van der Waals surface area contributed by atoms with Gasteiger partial charge in [-0.05, 0) is 20.1 Å². The Morgan fingerprint density at radius 3 is 2.73 bits per heavy atom. The fourth-order valence-corrected chi connectivity index (χ4v) is 1.12. The van der Waals surface area contributed by atoms with Crippen molar-refractivity contribution in [1.29, 1.82) is 5.26 Å². The first-order chi connectivity index (χ1) is 7.02. The van der Waals surface area contributed by atoms with Crippen molar-refractivity contribution in [2.45, 2.75) is 25.0 Å². The van der Waals surface area contributed by atoms with Gasteiger partial charge in [0.2, 0.25) is 5.91 Å². The van der Waals surface area contributed by atoms with Crippen molar-refractivity contribution in [1.82, 2.24) is 10.6 Å². The Morgan fingerprint density at radius 2 is 2.20 bits per heavy atom. The lowest BCUT2D eigenvalue weighted by molar-refractivity contribution is -0.120. The standard InChI is InChI=1S/C10H19N3OS/c1-10(2,15-3)8-12-7-9(14)13-6-4-5-11/h12H,4,6-8H2,1-3H3,(H,13,14). The van der Waals surface area contributed by atoms with Gasteiger partial charge in [0.1, 0.15) is 0 Å². The summed E-state index contributed by atoms with van der Waals surface area (Å²) in [4.78, 5) is 11.2. The van der Waals surface area contributed by atoms with Crippen molar-refractivity contribution in [2.75, 3.05) is 25.9 Å². The second-order valence-corrected chi connectivity index (χ2v) is 5.34. The van der Waals surface area contributed by atoms with Crippen LogP contribution in [0.1, 0.15) is 20.3 Å². The summed E-state index contributed by atoms with van der Waals surface area (Å²) < 4.78 is 0.146. The van der Waals surface area contributed by atoms with E-state index in [0.29, 0.717) is 19.5 Å². The topological polar surface area (TPSA) is 64.9 Å². The number of rotatable bonds is 7. The lowest BCUT2D eigenvalue weighted by atomic mass is 10.2. The fourth-order valence-electron chi connectivity index (χ4n) is 0.870. The van der Waals surface area contributed by atoms with E-state index in [1.54, 1.807) is 11.8 Å². The van der Waals surface area contributed by atoms with Gasteiger partial charge in [-0.2, -0.15) is 17.0 Å². The summed E-state index contributed by atoms with van der Waals surface area (Å²) in [5.74, 6) is -0.0536. The molecule has 0 aromatic heterocycles. The number of nitrogens with zero attached hydrogens (tertiary/aromatic N) is 1. The highest BCUT2D eigenvalue weighted by molar-refractivity contribution is 7.99. The predicted molar refractivity (Wildman–Crippen MR) is 63.7 cm³/mol. The van der Waals surface area contributed by atoms with E-state index in [1.165, 1.54) is 0 Å². The molecule has 0 aromatic carbocycles. The second-order valence-electron chi connectivity index (χ2n) is 3.83. The summed E-state index contributed by atoms with van der Waals surface area (Å²) >= 11 is 1.76. The number of thioether (sulfide) groups is 1. The summed E-state index contributed by atoms with van der Waals surface area (Å²) in [7, 11) is 0. The molecule has 0 heterocycles. The maximum atomic E-state index is 11.2. The first kappa shape index (κ1) is 14.3. The number of hydrogen-bond donors (Lipinski definition) is 2. The Bertz CT molecular complexity index is 235. The van der Waals surface area contributed by atoms with E-state index in [-0.39, 0.29) is 10.7 Å². The lowest BCUT2D eigenvalue weighted by Gasteiger charge is -2.22. The van der Waals surface area contributed by atoms with Crippen molar-refractivity contribution in [2.24, 2.45) is 0 Å². The van der Waals surface area contributed by atoms with Gasteiger partial charge >= 0.3 is 0 Å². The molecule has 86 valence electrons. The molecule has 0 aliphatic rings. The van der Waals surface area contributed by atoms with E-state index in [4.69, 9.17) is 5.26 Å². The summed E-state index contributed by atoms with van der Waals surface area (Å²) in [6.45, 7) is 5.79. The SMILES string of the molecule is CSC(C)(C)CNCC(=O)NCCC#N. The van der Waals surface area contributed by atoms with Crippen molar-refractivity contribution in [3.8, 4) is 6.07 Å². The van der Waals surface area contributed by atoms with E-state index in [9.17, 15) is 4.79 Å². The molecule has 0 atom stereocenters. The van der Waals surface area contributed by atoms with Crippen LogP contribution in [0.2, 0.25) is 0 Å². The van der Waals surface area contributed by atoms with Crippen LogP contribution in [-0.2, 0) is 4.79 Å². The number of carbonyl (C=O) groups is 1. The summed E-state index contributed by atoms with van der Waals surface area (Å²) in [6, 6.07) is 1.97. The largest absolute Gasteiger partial charge is 0.354 e. The van der Waals surface area contributed by atoms with Gasteiger partial charge in [-0.25, -0.2) is 0 Å². The highest BCUT2D eigenvalue weighted by atomic mass is 32.2. The van der Waals surface area contributed by atoms with Crippen LogP contribution in [-0.4, -0.2) is 36.5 Å². The molecule has 0 saturated heterocycles. The molecule has 0 spiro atoms. The van der Waals surface area contributed by atoms with Crippen molar-refractivity contribution in [3.63, 3.8) is 0 Å². The minimum absolute atomic E-state index is 0.0536. The Hall–Kier alpha value is -0.730. The van der Waals surface area contributed by atoms with Crippen LogP contribution < -0.4 is 10.6 Å². The van der Waals surface area contributed by atoms with E-state index in [2.05, 4.69) is 30.7 Å². The third-order valence-corrected chi connectivity index (χ3v) is 3.20. The zero-order valence-corrected chi connectivity index (χ0v) is 10.4. The third-order valence-electron chi connectivity index (χ3n) is 1.95. The smallest absolute Gasteiger partial charge is 0.233 e. The van der Waals surface area contributed by atoms with Crippen molar-refractivity contribution in [3.05, 3.63) is 0 Å². The Balaban J connectivity index is 3.52. The van der Waals surface area contributed by atoms with Gasteiger partial charge in [0, 0.05) is 17.8 Å². The number of amides is 1. The van der Waals surface area contributed by atoms with Crippen LogP contribution in [0.25, 0.3) is 0 Å². The van der Waals surface area contributed by atoms with E-state index >= 15 is 0 Å². The van der Waals surface area contributed by atoms with E-state index in [0.717, 1.165) is 6.54 Å². The Morgan fingerprint density at radius 1 is 1.53 bits per heavy atom. The Labute approximate surface area is 95.8 Å². The van der Waals surface area contributed by atoms with Crippen LogP contribution in [0.4, 0.5) is 0 Å². The van der Waals surface area contributed by atoms with Crippen LogP contribution in [0.5, 0.6) is 0 Å². The van der Waals surface area contributed by atoms with Gasteiger partial charge < -0.3 is 10.6 Å². The summed E-state index contributed by atoms with van der Waals surface area (Å²) in [5, 5.41) is 14.0. The van der Waals surface area contributed by atoms with Gasteiger partial charge in [-0.15, -0.1) is 0 Å². The maximum Gasteiger partial charge on any atom is 0.233 e. The summed E-state index contributed by atoms with van der Waals surface area (Å²) in [6.07, 6.45) is 2.41. The predicted octanol–water partition coefficient (Wildman–Crippen LogP) is 0.747. The quantitative estimate of drug-likeness (QED) is 0.632. The van der Waals surface area contributed by atoms with Gasteiger partial charge in [0.05, 0.1) is 19.0 Å². The zero-order chi connectivity index (χ0) is 11.7. The zero-order valence-electron chi connectivity index (χ0n) is 9.59. The van der Waals surface area contributed by atoms with Crippen LogP contribution in [0.3, 0.4) is 0 Å². The molecule has 15 heavy (non-hydrogen) atoms. The molecule has 0 radical (unpaired) electrons.